The maximum atomic E-state index is 13.1. The van der Waals surface area contributed by atoms with Gasteiger partial charge in [-0.15, -0.1) is 0 Å². The Morgan fingerprint density at radius 2 is 2.10 bits per heavy atom. The molecule has 112 valence electrons. The minimum atomic E-state index is -1.05. The van der Waals surface area contributed by atoms with Crippen molar-refractivity contribution >= 4 is 29.2 Å². The van der Waals surface area contributed by atoms with Crippen LogP contribution in [0.25, 0.3) is 0 Å². The van der Waals surface area contributed by atoms with E-state index < -0.39 is 35.7 Å². The summed E-state index contributed by atoms with van der Waals surface area (Å²) in [7, 11) is 0. The number of carbonyl (C=O) groups is 3. The molecule has 1 aromatic rings. The topological polar surface area (TPSA) is 105 Å². The zero-order valence-electron chi connectivity index (χ0n) is 11.6. The smallest absolute Gasteiger partial charge is 0.325 e. The van der Waals surface area contributed by atoms with Crippen molar-refractivity contribution in [3.63, 3.8) is 0 Å². The summed E-state index contributed by atoms with van der Waals surface area (Å²) in [6.07, 6.45) is 0. The van der Waals surface area contributed by atoms with Gasteiger partial charge in [-0.25, -0.2) is 9.18 Å². The number of anilines is 2. The highest BCUT2D eigenvalue weighted by Crippen LogP contribution is 2.20. The predicted molar refractivity (Wildman–Crippen MR) is 73.8 cm³/mol. The zero-order valence-corrected chi connectivity index (χ0v) is 11.6. The summed E-state index contributed by atoms with van der Waals surface area (Å²) in [5.41, 5.74) is 4.83. The zero-order chi connectivity index (χ0) is 15.8. The third-order valence-electron chi connectivity index (χ3n) is 3.04. The molecule has 1 aliphatic heterocycles. The summed E-state index contributed by atoms with van der Waals surface area (Å²) in [6.45, 7) is 2.61. The first-order chi connectivity index (χ1) is 9.70. The standard InChI is InChI=1S/C13H15FN4O3/c1-13(2)11(20)18(12(21)17-13)6-10(19)16-9-5-7(14)3-4-8(9)15/h3-5H,6,15H2,1-2H3,(H,16,19)(H,17,21). The number of urea groups is 1. The van der Waals surface area contributed by atoms with Gasteiger partial charge in [-0.1, -0.05) is 0 Å². The van der Waals surface area contributed by atoms with Crippen molar-refractivity contribution in [1.29, 1.82) is 0 Å². The van der Waals surface area contributed by atoms with Gasteiger partial charge >= 0.3 is 6.03 Å². The molecule has 1 aliphatic rings. The molecule has 0 aromatic heterocycles. The fourth-order valence-corrected chi connectivity index (χ4v) is 1.93. The predicted octanol–water partition coefficient (Wildman–Crippen LogP) is 0.677. The van der Waals surface area contributed by atoms with Gasteiger partial charge in [0.2, 0.25) is 5.91 Å². The number of nitrogens with two attached hydrogens (primary N) is 1. The van der Waals surface area contributed by atoms with Crippen LogP contribution in [-0.2, 0) is 9.59 Å². The van der Waals surface area contributed by atoms with Crippen LogP contribution in [0.3, 0.4) is 0 Å². The maximum absolute atomic E-state index is 13.1. The molecule has 0 saturated carbocycles. The van der Waals surface area contributed by atoms with Crippen LogP contribution in [0.5, 0.6) is 0 Å². The summed E-state index contributed by atoms with van der Waals surface area (Å²) in [4.78, 5) is 36.2. The first kappa shape index (κ1) is 14.8. The highest BCUT2D eigenvalue weighted by Gasteiger charge is 2.44. The quantitative estimate of drug-likeness (QED) is 0.563. The number of amides is 4. The molecule has 0 unspecified atom stereocenters. The van der Waals surface area contributed by atoms with Gasteiger partial charge in [0, 0.05) is 0 Å². The highest BCUT2D eigenvalue weighted by molar-refractivity contribution is 6.09. The third-order valence-corrected chi connectivity index (χ3v) is 3.04. The van der Waals surface area contributed by atoms with E-state index in [0.29, 0.717) is 0 Å². The molecule has 21 heavy (non-hydrogen) atoms. The third kappa shape index (κ3) is 2.93. The molecule has 2 rings (SSSR count). The Hall–Kier alpha value is -2.64. The van der Waals surface area contributed by atoms with Gasteiger partial charge in [0.15, 0.2) is 0 Å². The fraction of sp³-hybridized carbons (Fsp3) is 0.308. The van der Waals surface area contributed by atoms with Crippen molar-refractivity contribution in [2.75, 3.05) is 17.6 Å². The molecule has 0 bridgehead atoms. The van der Waals surface area contributed by atoms with E-state index in [1.54, 1.807) is 0 Å². The second kappa shape index (κ2) is 5.04. The van der Waals surface area contributed by atoms with E-state index in [4.69, 9.17) is 5.73 Å². The Morgan fingerprint density at radius 1 is 1.43 bits per heavy atom. The average Bonchev–Trinajstić information content (AvgIpc) is 2.56. The Bertz CT molecular complexity index is 630. The van der Waals surface area contributed by atoms with Crippen LogP contribution in [0.15, 0.2) is 18.2 Å². The molecule has 0 spiro atoms. The number of nitrogens with one attached hydrogen (secondary N) is 2. The van der Waals surface area contributed by atoms with Crippen molar-refractivity contribution in [2.45, 2.75) is 19.4 Å². The van der Waals surface area contributed by atoms with E-state index in [0.717, 1.165) is 17.0 Å². The van der Waals surface area contributed by atoms with Crippen LogP contribution < -0.4 is 16.4 Å². The molecule has 0 aliphatic carbocycles. The number of imide groups is 1. The van der Waals surface area contributed by atoms with Gasteiger partial charge in [-0.3, -0.25) is 14.5 Å². The van der Waals surface area contributed by atoms with Crippen LogP contribution in [-0.4, -0.2) is 34.8 Å². The lowest BCUT2D eigenvalue weighted by Crippen LogP contribution is -2.41. The van der Waals surface area contributed by atoms with Crippen molar-refractivity contribution < 1.29 is 18.8 Å². The van der Waals surface area contributed by atoms with Crippen molar-refractivity contribution in [2.24, 2.45) is 0 Å². The SMILES string of the molecule is CC1(C)NC(=O)N(CC(=O)Nc2cc(F)ccc2N)C1=O. The van der Waals surface area contributed by atoms with E-state index in [2.05, 4.69) is 10.6 Å². The second-order valence-electron chi connectivity index (χ2n) is 5.23. The highest BCUT2D eigenvalue weighted by atomic mass is 19.1. The molecule has 7 nitrogen and oxygen atoms in total. The van der Waals surface area contributed by atoms with E-state index in [1.165, 1.54) is 19.9 Å². The number of nitrogens with zero attached hydrogens (tertiary/aromatic N) is 1. The van der Waals surface area contributed by atoms with Crippen LogP contribution in [0.4, 0.5) is 20.6 Å². The van der Waals surface area contributed by atoms with E-state index in [1.807, 2.05) is 0 Å². The lowest BCUT2D eigenvalue weighted by atomic mass is 10.1. The number of nitrogen functional groups attached to an aromatic ring is 1. The molecule has 1 heterocycles. The summed E-state index contributed by atoms with van der Waals surface area (Å²) < 4.78 is 13.1. The molecular formula is C13H15FN4O3. The minimum Gasteiger partial charge on any atom is -0.397 e. The number of hydrogen-bond donors (Lipinski definition) is 3. The van der Waals surface area contributed by atoms with Gasteiger partial charge in [0.05, 0.1) is 11.4 Å². The van der Waals surface area contributed by atoms with Crippen LogP contribution >= 0.6 is 0 Å². The van der Waals surface area contributed by atoms with Gasteiger partial charge < -0.3 is 16.4 Å². The van der Waals surface area contributed by atoms with Crippen LogP contribution in [0, 0.1) is 5.82 Å². The van der Waals surface area contributed by atoms with E-state index in [9.17, 15) is 18.8 Å². The van der Waals surface area contributed by atoms with Gasteiger partial charge in [-0.05, 0) is 32.0 Å². The van der Waals surface area contributed by atoms with E-state index in [-0.39, 0.29) is 11.4 Å². The van der Waals surface area contributed by atoms with Gasteiger partial charge in [-0.2, -0.15) is 0 Å². The Labute approximate surface area is 120 Å². The molecule has 1 aromatic carbocycles. The van der Waals surface area contributed by atoms with Crippen molar-refractivity contribution in [3.05, 3.63) is 24.0 Å². The molecule has 0 radical (unpaired) electrons. The average molecular weight is 294 g/mol. The van der Waals surface area contributed by atoms with E-state index >= 15 is 0 Å². The minimum absolute atomic E-state index is 0.0892. The Morgan fingerprint density at radius 3 is 2.67 bits per heavy atom. The summed E-state index contributed by atoms with van der Waals surface area (Å²) in [5.74, 6) is -1.71. The molecule has 0 atom stereocenters. The largest absolute Gasteiger partial charge is 0.397 e. The molecule has 1 saturated heterocycles. The van der Waals surface area contributed by atoms with Crippen LogP contribution in [0.2, 0.25) is 0 Å². The first-order valence-corrected chi connectivity index (χ1v) is 6.20. The fourth-order valence-electron chi connectivity index (χ4n) is 1.93. The Balaban J connectivity index is 2.07. The number of rotatable bonds is 3. The molecule has 4 amide bonds. The lowest BCUT2D eigenvalue weighted by molar-refractivity contribution is -0.132. The summed E-state index contributed by atoms with van der Waals surface area (Å²) in [5, 5.41) is 4.82. The first-order valence-electron chi connectivity index (χ1n) is 6.20. The normalized spacial score (nSPS) is 16.8. The van der Waals surface area contributed by atoms with Crippen molar-refractivity contribution in [1.82, 2.24) is 10.2 Å². The number of hydrogen-bond acceptors (Lipinski definition) is 4. The number of benzene rings is 1. The molecule has 4 N–H and O–H groups in total. The monoisotopic (exact) mass is 294 g/mol. The molecule has 1 fully saturated rings. The molecule has 8 heteroatoms. The van der Waals surface area contributed by atoms with Gasteiger partial charge in [0.25, 0.3) is 5.91 Å². The van der Waals surface area contributed by atoms with Crippen molar-refractivity contribution in [3.8, 4) is 0 Å². The summed E-state index contributed by atoms with van der Waals surface area (Å²) in [6, 6.07) is 2.88. The number of carbonyl (C=O) groups excluding carboxylic acids is 3. The second-order valence-corrected chi connectivity index (χ2v) is 5.23. The van der Waals surface area contributed by atoms with Gasteiger partial charge in [0.1, 0.15) is 17.9 Å². The Kier molecular flexibility index (Phi) is 3.54. The summed E-state index contributed by atoms with van der Waals surface area (Å²) >= 11 is 0. The molecular weight excluding hydrogens is 279 g/mol. The lowest BCUT2D eigenvalue weighted by Gasteiger charge is -2.16. The maximum Gasteiger partial charge on any atom is 0.325 e. The number of halogens is 1. The van der Waals surface area contributed by atoms with Crippen LogP contribution in [0.1, 0.15) is 13.8 Å².